The molecule has 2 unspecified atom stereocenters. The van der Waals surface area contributed by atoms with Gasteiger partial charge in [0.1, 0.15) is 17.6 Å². The van der Waals surface area contributed by atoms with Gasteiger partial charge in [0.25, 0.3) is 0 Å². The quantitative estimate of drug-likeness (QED) is 0.871. The average molecular weight is 314 g/mol. The van der Waals surface area contributed by atoms with Gasteiger partial charge >= 0.3 is 0 Å². The molecule has 0 radical (unpaired) electrons. The molecule has 2 aliphatic heterocycles. The zero-order valence-corrected chi connectivity index (χ0v) is 14.1. The molecule has 4 heterocycles. The van der Waals surface area contributed by atoms with E-state index in [1.165, 1.54) is 25.2 Å². The number of hydrogen-bond acceptors (Lipinski definition) is 4. The number of aromatic nitrogens is 3. The SMILES string of the molecule is CC(C)N1CCCC(c2nc3cccnc3n2C2CCCO2)C1. The fourth-order valence-corrected chi connectivity index (χ4v) is 3.97. The third kappa shape index (κ3) is 2.76. The first-order valence-electron chi connectivity index (χ1n) is 8.92. The van der Waals surface area contributed by atoms with E-state index in [4.69, 9.17) is 9.72 Å². The number of piperidine rings is 1. The van der Waals surface area contributed by atoms with E-state index in [1.807, 2.05) is 12.3 Å². The number of nitrogens with zero attached hydrogens (tertiary/aromatic N) is 4. The maximum Gasteiger partial charge on any atom is 0.162 e. The molecule has 0 amide bonds. The number of fused-ring (bicyclic) bond motifs is 1. The van der Waals surface area contributed by atoms with E-state index in [0.29, 0.717) is 12.0 Å². The molecule has 0 spiro atoms. The van der Waals surface area contributed by atoms with Gasteiger partial charge in [-0.2, -0.15) is 0 Å². The predicted molar refractivity (Wildman–Crippen MR) is 90.4 cm³/mol. The minimum absolute atomic E-state index is 0.110. The molecule has 2 fully saturated rings. The van der Waals surface area contributed by atoms with Crippen LogP contribution >= 0.6 is 0 Å². The van der Waals surface area contributed by atoms with Gasteiger partial charge in [-0.3, -0.25) is 4.57 Å². The molecule has 5 heteroatoms. The van der Waals surface area contributed by atoms with Crippen molar-refractivity contribution in [2.75, 3.05) is 19.7 Å². The predicted octanol–water partition coefficient (Wildman–Crippen LogP) is 3.33. The first-order valence-corrected chi connectivity index (χ1v) is 8.92. The van der Waals surface area contributed by atoms with Gasteiger partial charge in [0, 0.05) is 31.3 Å². The molecule has 2 aromatic heterocycles. The van der Waals surface area contributed by atoms with Crippen LogP contribution in [0.15, 0.2) is 18.3 Å². The van der Waals surface area contributed by atoms with Crippen molar-refractivity contribution >= 4 is 11.2 Å². The number of ether oxygens (including phenoxy) is 1. The molecule has 0 aromatic carbocycles. The van der Waals surface area contributed by atoms with Crippen molar-refractivity contribution in [2.24, 2.45) is 0 Å². The molecule has 2 aromatic rings. The average Bonchev–Trinajstić information content (AvgIpc) is 3.21. The molecule has 0 aliphatic carbocycles. The molecule has 2 aliphatic rings. The molecule has 2 saturated heterocycles. The van der Waals surface area contributed by atoms with Crippen molar-refractivity contribution < 1.29 is 4.74 Å². The number of hydrogen-bond donors (Lipinski definition) is 0. The van der Waals surface area contributed by atoms with Crippen molar-refractivity contribution in [3.63, 3.8) is 0 Å². The molecule has 23 heavy (non-hydrogen) atoms. The monoisotopic (exact) mass is 314 g/mol. The lowest BCUT2D eigenvalue weighted by atomic mass is 9.96. The molecule has 0 saturated carbocycles. The van der Waals surface area contributed by atoms with Gasteiger partial charge in [-0.05, 0) is 58.2 Å². The van der Waals surface area contributed by atoms with E-state index in [0.717, 1.165) is 37.2 Å². The van der Waals surface area contributed by atoms with Gasteiger partial charge < -0.3 is 9.64 Å². The Morgan fingerprint density at radius 3 is 2.96 bits per heavy atom. The van der Waals surface area contributed by atoms with E-state index in [1.54, 1.807) is 0 Å². The van der Waals surface area contributed by atoms with E-state index >= 15 is 0 Å². The molecule has 2 atom stereocenters. The van der Waals surface area contributed by atoms with E-state index in [-0.39, 0.29) is 6.23 Å². The maximum absolute atomic E-state index is 5.98. The van der Waals surface area contributed by atoms with Crippen molar-refractivity contribution in [1.82, 2.24) is 19.4 Å². The van der Waals surface area contributed by atoms with Gasteiger partial charge in [0.05, 0.1) is 0 Å². The van der Waals surface area contributed by atoms with Crippen LogP contribution in [0.1, 0.15) is 57.5 Å². The molecule has 124 valence electrons. The number of imidazole rings is 1. The van der Waals surface area contributed by atoms with Crippen molar-refractivity contribution in [2.45, 2.75) is 57.7 Å². The summed E-state index contributed by atoms with van der Waals surface area (Å²) in [4.78, 5) is 12.1. The van der Waals surface area contributed by atoms with Gasteiger partial charge in [-0.25, -0.2) is 9.97 Å². The van der Waals surface area contributed by atoms with Crippen LogP contribution < -0.4 is 0 Å². The van der Waals surface area contributed by atoms with Gasteiger partial charge in [-0.1, -0.05) is 0 Å². The third-order valence-electron chi connectivity index (χ3n) is 5.22. The van der Waals surface area contributed by atoms with Gasteiger partial charge in [0.15, 0.2) is 5.65 Å². The summed E-state index contributed by atoms with van der Waals surface area (Å²) in [5.41, 5.74) is 1.98. The van der Waals surface area contributed by atoms with Crippen LogP contribution in [-0.4, -0.2) is 45.2 Å². The smallest absolute Gasteiger partial charge is 0.162 e. The van der Waals surface area contributed by atoms with Crippen LogP contribution in [0, 0.1) is 0 Å². The van der Waals surface area contributed by atoms with E-state index in [2.05, 4.69) is 34.4 Å². The molecule has 0 N–H and O–H groups in total. The fraction of sp³-hybridized carbons (Fsp3) is 0.667. The minimum atomic E-state index is 0.110. The Balaban J connectivity index is 1.74. The second-order valence-electron chi connectivity index (χ2n) is 7.08. The minimum Gasteiger partial charge on any atom is -0.358 e. The summed E-state index contributed by atoms with van der Waals surface area (Å²) in [5, 5.41) is 0. The van der Waals surface area contributed by atoms with Crippen LogP contribution in [0.2, 0.25) is 0 Å². The summed E-state index contributed by atoms with van der Waals surface area (Å²) in [6, 6.07) is 4.64. The summed E-state index contributed by atoms with van der Waals surface area (Å²) in [6.45, 7) is 7.71. The Morgan fingerprint density at radius 1 is 1.26 bits per heavy atom. The van der Waals surface area contributed by atoms with Crippen LogP contribution in [-0.2, 0) is 4.74 Å². The molecular formula is C18H26N4O. The highest BCUT2D eigenvalue weighted by Crippen LogP contribution is 2.34. The molecular weight excluding hydrogens is 288 g/mol. The Bertz CT molecular complexity index is 675. The Labute approximate surface area is 137 Å². The third-order valence-corrected chi connectivity index (χ3v) is 5.22. The van der Waals surface area contributed by atoms with Crippen LogP contribution in [0.25, 0.3) is 11.2 Å². The second-order valence-corrected chi connectivity index (χ2v) is 7.08. The lowest BCUT2D eigenvalue weighted by Crippen LogP contribution is -2.39. The van der Waals surface area contributed by atoms with Crippen molar-refractivity contribution in [3.8, 4) is 0 Å². The van der Waals surface area contributed by atoms with Gasteiger partial charge in [0.2, 0.25) is 0 Å². The normalized spacial score (nSPS) is 26.4. The zero-order chi connectivity index (χ0) is 15.8. The zero-order valence-electron chi connectivity index (χ0n) is 14.1. The molecule has 4 rings (SSSR count). The van der Waals surface area contributed by atoms with E-state index in [9.17, 15) is 0 Å². The first-order chi connectivity index (χ1) is 11.2. The summed E-state index contributed by atoms with van der Waals surface area (Å²) in [5.74, 6) is 1.65. The largest absolute Gasteiger partial charge is 0.358 e. The highest BCUT2D eigenvalue weighted by atomic mass is 16.5. The number of likely N-dealkylation sites (tertiary alicyclic amines) is 1. The lowest BCUT2D eigenvalue weighted by Gasteiger charge is -2.35. The maximum atomic E-state index is 5.98. The molecule has 5 nitrogen and oxygen atoms in total. The van der Waals surface area contributed by atoms with E-state index < -0.39 is 0 Å². The summed E-state index contributed by atoms with van der Waals surface area (Å²) in [6.07, 6.45) is 6.61. The lowest BCUT2D eigenvalue weighted by molar-refractivity contribution is 0.0541. The summed E-state index contributed by atoms with van der Waals surface area (Å²) < 4.78 is 8.27. The van der Waals surface area contributed by atoms with Crippen LogP contribution in [0.4, 0.5) is 0 Å². The first kappa shape index (κ1) is 15.1. The van der Waals surface area contributed by atoms with Crippen molar-refractivity contribution in [3.05, 3.63) is 24.2 Å². The molecule has 0 bridgehead atoms. The Kier molecular flexibility index (Phi) is 4.07. The Hall–Kier alpha value is -1.46. The van der Waals surface area contributed by atoms with Crippen LogP contribution in [0.5, 0.6) is 0 Å². The highest BCUT2D eigenvalue weighted by Gasteiger charge is 2.31. The Morgan fingerprint density at radius 2 is 2.17 bits per heavy atom. The number of pyridine rings is 1. The standard InChI is InChI=1S/C18H26N4O/c1-13(2)21-10-4-6-14(12-21)17-20-15-7-3-9-19-18(15)22(17)16-8-5-11-23-16/h3,7,9,13-14,16H,4-6,8,10-12H2,1-2H3. The van der Waals surface area contributed by atoms with Crippen molar-refractivity contribution in [1.29, 1.82) is 0 Å². The summed E-state index contributed by atoms with van der Waals surface area (Å²) >= 11 is 0. The second kappa shape index (κ2) is 6.21. The summed E-state index contributed by atoms with van der Waals surface area (Å²) in [7, 11) is 0. The number of rotatable bonds is 3. The highest BCUT2D eigenvalue weighted by molar-refractivity contribution is 5.71. The van der Waals surface area contributed by atoms with Crippen LogP contribution in [0.3, 0.4) is 0 Å². The van der Waals surface area contributed by atoms with Gasteiger partial charge in [-0.15, -0.1) is 0 Å². The fourth-order valence-electron chi connectivity index (χ4n) is 3.97. The topological polar surface area (TPSA) is 43.2 Å².